The van der Waals surface area contributed by atoms with Crippen LogP contribution in [0.3, 0.4) is 0 Å². The first-order valence-corrected chi connectivity index (χ1v) is 5.92. The summed E-state index contributed by atoms with van der Waals surface area (Å²) in [7, 11) is 0. The van der Waals surface area contributed by atoms with Crippen LogP contribution in [0.1, 0.15) is 12.0 Å². The lowest BCUT2D eigenvalue weighted by molar-refractivity contribution is 0.587. The lowest BCUT2D eigenvalue weighted by Gasteiger charge is -2.05. The van der Waals surface area contributed by atoms with Crippen molar-refractivity contribution >= 4 is 28.6 Å². The maximum Gasteiger partial charge on any atom is 0.127 e. The summed E-state index contributed by atoms with van der Waals surface area (Å²) in [5.74, 6) is 0.695. The molecular weight excluding hydrogens is 265 g/mol. The normalized spacial score (nSPS) is 10.5. The smallest absolute Gasteiger partial charge is 0.127 e. The fourth-order valence-corrected chi connectivity index (χ4v) is 1.67. The van der Waals surface area contributed by atoms with Crippen molar-refractivity contribution in [1.29, 1.82) is 0 Å². The van der Waals surface area contributed by atoms with Crippen LogP contribution in [0.5, 0.6) is 0 Å². The van der Waals surface area contributed by atoms with Gasteiger partial charge in [0.25, 0.3) is 0 Å². The molecule has 1 aromatic rings. The van der Waals surface area contributed by atoms with E-state index in [0.717, 1.165) is 23.2 Å². The molecule has 0 fully saturated rings. The molecule has 0 saturated carbocycles. The molecule has 0 radical (unpaired) electrons. The predicted octanol–water partition coefficient (Wildman–Crippen LogP) is 3.00. The molecule has 0 saturated heterocycles. The third-order valence-corrected chi connectivity index (χ3v) is 2.64. The van der Waals surface area contributed by atoms with Crippen LogP contribution in [0.4, 0.5) is 4.39 Å². The van der Waals surface area contributed by atoms with Crippen LogP contribution in [-0.4, -0.2) is 12.3 Å². The molecule has 4 heteroatoms. The van der Waals surface area contributed by atoms with Crippen molar-refractivity contribution in [3.63, 3.8) is 0 Å². The van der Waals surface area contributed by atoms with Crippen LogP contribution in [0.2, 0.25) is 0 Å². The molecule has 1 nitrogen and oxygen atoms in total. The van der Waals surface area contributed by atoms with E-state index in [0.29, 0.717) is 12.1 Å². The minimum atomic E-state index is -0.161. The van der Waals surface area contributed by atoms with Crippen molar-refractivity contribution in [2.24, 2.45) is 0 Å². The Labute approximate surface area is 97.6 Å². The maximum absolute atomic E-state index is 13.2. The summed E-state index contributed by atoms with van der Waals surface area (Å²) in [5, 5.41) is 3.16. The Kier molecular flexibility index (Phi) is 5.52. The summed E-state index contributed by atoms with van der Waals surface area (Å²) >= 11 is 7.41. The van der Waals surface area contributed by atoms with E-state index >= 15 is 0 Å². The van der Waals surface area contributed by atoms with Gasteiger partial charge in [-0.3, -0.25) is 0 Å². The average Bonchev–Trinajstić information content (AvgIpc) is 2.18. The van der Waals surface area contributed by atoms with Crippen LogP contribution in [0, 0.1) is 5.82 Å². The molecule has 0 unspecified atom stereocenters. The van der Waals surface area contributed by atoms with Gasteiger partial charge in [0, 0.05) is 16.6 Å². The van der Waals surface area contributed by atoms with Crippen molar-refractivity contribution in [2.45, 2.75) is 13.0 Å². The highest BCUT2D eigenvalue weighted by atomic mass is 79.9. The van der Waals surface area contributed by atoms with E-state index in [9.17, 15) is 4.39 Å². The Bertz CT molecular complexity index is 293. The number of hydrogen-bond donors (Lipinski definition) is 2. The first kappa shape index (κ1) is 12.0. The van der Waals surface area contributed by atoms with Crippen LogP contribution in [-0.2, 0) is 6.54 Å². The van der Waals surface area contributed by atoms with Gasteiger partial charge in [-0.2, -0.15) is 12.6 Å². The molecule has 0 bridgehead atoms. The molecule has 0 aliphatic rings. The van der Waals surface area contributed by atoms with Crippen molar-refractivity contribution < 1.29 is 4.39 Å². The third-order valence-electron chi connectivity index (χ3n) is 1.83. The summed E-state index contributed by atoms with van der Waals surface area (Å²) in [6.45, 7) is 1.44. The Morgan fingerprint density at radius 2 is 2.21 bits per heavy atom. The molecule has 0 aromatic heterocycles. The summed E-state index contributed by atoms with van der Waals surface area (Å²) in [6.07, 6.45) is 0.999. The minimum Gasteiger partial charge on any atom is -0.313 e. The van der Waals surface area contributed by atoms with Gasteiger partial charge in [-0.15, -0.1) is 0 Å². The molecule has 0 aliphatic carbocycles. The summed E-state index contributed by atoms with van der Waals surface area (Å²) in [6, 6.07) is 4.97. The fourth-order valence-electron chi connectivity index (χ4n) is 1.11. The zero-order chi connectivity index (χ0) is 10.4. The van der Waals surface area contributed by atoms with Gasteiger partial charge in [0.2, 0.25) is 0 Å². The van der Waals surface area contributed by atoms with Gasteiger partial charge in [-0.05, 0) is 36.9 Å². The quantitative estimate of drug-likeness (QED) is 0.623. The van der Waals surface area contributed by atoms with E-state index in [1.165, 1.54) is 6.07 Å². The number of benzene rings is 1. The second-order valence-corrected chi connectivity index (χ2v) is 4.35. The van der Waals surface area contributed by atoms with Crippen molar-refractivity contribution in [3.05, 3.63) is 34.1 Å². The molecule has 0 atom stereocenters. The number of hydrogen-bond acceptors (Lipinski definition) is 2. The Balaban J connectivity index is 2.45. The topological polar surface area (TPSA) is 12.0 Å². The van der Waals surface area contributed by atoms with Crippen LogP contribution in [0.25, 0.3) is 0 Å². The lowest BCUT2D eigenvalue weighted by Crippen LogP contribution is -2.15. The molecule has 0 spiro atoms. The third kappa shape index (κ3) is 3.98. The van der Waals surface area contributed by atoms with Crippen molar-refractivity contribution in [2.75, 3.05) is 12.3 Å². The number of rotatable bonds is 5. The van der Waals surface area contributed by atoms with Crippen molar-refractivity contribution in [1.82, 2.24) is 5.32 Å². The number of halogens is 2. The maximum atomic E-state index is 13.2. The number of nitrogens with one attached hydrogen (secondary N) is 1. The Hall–Kier alpha value is -0.0600. The highest BCUT2D eigenvalue weighted by Gasteiger charge is 2.01. The fraction of sp³-hybridized carbons (Fsp3) is 0.400. The van der Waals surface area contributed by atoms with Gasteiger partial charge in [-0.25, -0.2) is 4.39 Å². The number of thiol groups is 1. The highest BCUT2D eigenvalue weighted by Crippen LogP contribution is 2.15. The van der Waals surface area contributed by atoms with E-state index in [1.807, 2.05) is 0 Å². The first-order valence-electron chi connectivity index (χ1n) is 4.49. The predicted molar refractivity (Wildman–Crippen MR) is 64.3 cm³/mol. The summed E-state index contributed by atoms with van der Waals surface area (Å²) < 4.78 is 14.1. The second kappa shape index (κ2) is 6.43. The Morgan fingerprint density at radius 3 is 2.93 bits per heavy atom. The molecule has 0 amide bonds. The molecular formula is C10H13BrFNS. The SMILES string of the molecule is Fc1ccc(Br)cc1CNCCCS. The average molecular weight is 278 g/mol. The Morgan fingerprint density at radius 1 is 1.43 bits per heavy atom. The van der Waals surface area contributed by atoms with Gasteiger partial charge in [-0.1, -0.05) is 15.9 Å². The molecule has 0 heterocycles. The molecule has 1 aromatic carbocycles. The van der Waals surface area contributed by atoms with Crippen LogP contribution >= 0.6 is 28.6 Å². The van der Waals surface area contributed by atoms with Gasteiger partial charge < -0.3 is 5.32 Å². The van der Waals surface area contributed by atoms with Gasteiger partial charge in [0.05, 0.1) is 0 Å². The van der Waals surface area contributed by atoms with Gasteiger partial charge in [0.15, 0.2) is 0 Å². The van der Waals surface area contributed by atoms with E-state index in [2.05, 4.69) is 33.9 Å². The molecule has 1 rings (SSSR count). The van der Waals surface area contributed by atoms with E-state index in [-0.39, 0.29) is 5.82 Å². The lowest BCUT2D eigenvalue weighted by atomic mass is 10.2. The molecule has 78 valence electrons. The second-order valence-electron chi connectivity index (χ2n) is 2.99. The van der Waals surface area contributed by atoms with Crippen LogP contribution < -0.4 is 5.32 Å². The first-order chi connectivity index (χ1) is 6.74. The van der Waals surface area contributed by atoms with E-state index in [4.69, 9.17) is 0 Å². The monoisotopic (exact) mass is 277 g/mol. The molecule has 14 heavy (non-hydrogen) atoms. The van der Waals surface area contributed by atoms with E-state index < -0.39 is 0 Å². The minimum absolute atomic E-state index is 0.161. The zero-order valence-corrected chi connectivity index (χ0v) is 10.2. The standard InChI is InChI=1S/C10H13BrFNS/c11-9-2-3-10(12)8(6-9)7-13-4-1-5-14/h2-3,6,13-14H,1,4-5,7H2. The largest absolute Gasteiger partial charge is 0.313 e. The zero-order valence-electron chi connectivity index (χ0n) is 7.76. The molecule has 1 N–H and O–H groups in total. The van der Waals surface area contributed by atoms with Crippen molar-refractivity contribution in [3.8, 4) is 0 Å². The summed E-state index contributed by atoms with van der Waals surface area (Å²) in [5.41, 5.74) is 0.693. The van der Waals surface area contributed by atoms with Gasteiger partial charge >= 0.3 is 0 Å². The van der Waals surface area contributed by atoms with E-state index in [1.54, 1.807) is 12.1 Å². The van der Waals surface area contributed by atoms with Gasteiger partial charge in [0.1, 0.15) is 5.82 Å². The summed E-state index contributed by atoms with van der Waals surface area (Å²) in [4.78, 5) is 0. The molecule has 0 aliphatic heterocycles. The van der Waals surface area contributed by atoms with Crippen LogP contribution in [0.15, 0.2) is 22.7 Å². The highest BCUT2D eigenvalue weighted by molar-refractivity contribution is 9.10.